The van der Waals surface area contributed by atoms with Gasteiger partial charge in [-0.05, 0) is 66.1 Å². The first-order valence-electron chi connectivity index (χ1n) is 13.2. The van der Waals surface area contributed by atoms with Crippen LogP contribution in [0.1, 0.15) is 29.2 Å². The molecule has 0 aliphatic carbocycles. The molecule has 0 saturated heterocycles. The van der Waals surface area contributed by atoms with Gasteiger partial charge in [0.15, 0.2) is 6.20 Å². The maximum absolute atomic E-state index is 13.6. The zero-order valence-electron chi connectivity index (χ0n) is 22.8. The fourth-order valence-electron chi connectivity index (χ4n) is 4.84. The summed E-state index contributed by atoms with van der Waals surface area (Å²) >= 11 is 6.11. The molecule has 1 aromatic heterocycles. The van der Waals surface area contributed by atoms with Crippen LogP contribution >= 0.6 is 11.6 Å². The molecular formula is C32H25ClF3N3O4. The quantitative estimate of drug-likeness (QED) is 0.156. The van der Waals surface area contributed by atoms with Crippen LogP contribution in [0.5, 0.6) is 5.75 Å². The van der Waals surface area contributed by atoms with Crippen LogP contribution in [0, 0.1) is 11.0 Å². The summed E-state index contributed by atoms with van der Waals surface area (Å²) in [5.41, 5.74) is 4.54. The third-order valence-corrected chi connectivity index (χ3v) is 7.14. The van der Waals surface area contributed by atoms with Gasteiger partial charge in [0.05, 0.1) is 24.3 Å². The third kappa shape index (κ3) is 7.15. The second kappa shape index (κ2) is 13.0. The second-order valence-corrected chi connectivity index (χ2v) is 10.1. The van der Waals surface area contributed by atoms with Crippen molar-refractivity contribution in [2.75, 3.05) is 12.4 Å². The minimum absolute atomic E-state index is 0.114. The lowest BCUT2D eigenvalue weighted by molar-refractivity contribution is -0.614. The maximum Gasteiger partial charge on any atom is 0.411 e. The molecule has 1 aliphatic heterocycles. The summed E-state index contributed by atoms with van der Waals surface area (Å²) in [4.78, 5) is 16.3. The number of nitrogens with one attached hydrogen (secondary N) is 1. The lowest BCUT2D eigenvalue weighted by atomic mass is 9.89. The zero-order valence-corrected chi connectivity index (χ0v) is 23.5. The molecule has 0 bridgehead atoms. The van der Waals surface area contributed by atoms with E-state index in [1.165, 1.54) is 43.6 Å². The number of anilines is 1. The Balaban J connectivity index is 1.48. The lowest BCUT2D eigenvalue weighted by Crippen LogP contribution is -2.36. The van der Waals surface area contributed by atoms with E-state index in [1.54, 1.807) is 36.4 Å². The first-order valence-corrected chi connectivity index (χ1v) is 13.5. The Kier molecular flexibility index (Phi) is 8.96. The van der Waals surface area contributed by atoms with Gasteiger partial charge in [-0.1, -0.05) is 41.9 Å². The van der Waals surface area contributed by atoms with Crippen molar-refractivity contribution in [2.24, 2.45) is 4.99 Å². The van der Waals surface area contributed by atoms with Crippen molar-refractivity contribution in [3.63, 3.8) is 0 Å². The van der Waals surface area contributed by atoms with Gasteiger partial charge in [0, 0.05) is 34.5 Å². The van der Waals surface area contributed by atoms with Gasteiger partial charge < -0.3 is 14.7 Å². The van der Waals surface area contributed by atoms with Crippen molar-refractivity contribution >= 4 is 34.8 Å². The number of halogens is 4. The van der Waals surface area contributed by atoms with E-state index in [9.17, 15) is 23.2 Å². The number of benzene rings is 3. The first kappa shape index (κ1) is 29.7. The fraction of sp³-hybridized carbons (Fsp3) is 0.156. The fourth-order valence-corrected chi connectivity index (χ4v) is 5.01. The van der Waals surface area contributed by atoms with Crippen LogP contribution in [0.15, 0.2) is 96.1 Å². The number of aliphatic imine (C=N–C) groups is 1. The largest absolute Gasteiger partial charge is 0.618 e. The SMILES string of the molecule is COC(=O)Nc1ccc(C2=CCC(C(Cc3ccc(F)cc3)c3ccc(-c4cc(Cl)ccc4OC(F)F)c[n+]3[O-])=N2)cc1. The average Bonchev–Trinajstić information content (AvgIpc) is 3.48. The number of hydrogen-bond donors (Lipinski definition) is 1. The molecule has 0 radical (unpaired) electrons. The highest BCUT2D eigenvalue weighted by Gasteiger charge is 2.29. The number of amides is 1. The Morgan fingerprint density at radius 1 is 1.05 bits per heavy atom. The van der Waals surface area contributed by atoms with E-state index in [0.29, 0.717) is 45.2 Å². The molecule has 3 aromatic carbocycles. The molecule has 7 nitrogen and oxygen atoms in total. The number of alkyl halides is 2. The summed E-state index contributed by atoms with van der Waals surface area (Å²) < 4.78 is 49.6. The Morgan fingerprint density at radius 2 is 1.77 bits per heavy atom. The van der Waals surface area contributed by atoms with E-state index in [4.69, 9.17) is 16.6 Å². The first-order chi connectivity index (χ1) is 20.7. The Labute approximate surface area is 250 Å². The molecular weight excluding hydrogens is 583 g/mol. The number of carbonyl (C=O) groups is 1. The lowest BCUT2D eigenvalue weighted by Gasteiger charge is -2.18. The topological polar surface area (TPSA) is 86.9 Å². The van der Waals surface area contributed by atoms with E-state index < -0.39 is 18.6 Å². The molecule has 1 N–H and O–H groups in total. The maximum atomic E-state index is 13.6. The smallest absolute Gasteiger partial charge is 0.411 e. The third-order valence-electron chi connectivity index (χ3n) is 6.91. The molecule has 43 heavy (non-hydrogen) atoms. The number of nitrogens with zero attached hydrogens (tertiary/aromatic N) is 2. The molecule has 1 aliphatic rings. The van der Waals surface area contributed by atoms with E-state index in [0.717, 1.165) is 16.8 Å². The monoisotopic (exact) mass is 607 g/mol. The van der Waals surface area contributed by atoms with Crippen molar-refractivity contribution in [2.45, 2.75) is 25.4 Å². The number of allylic oxidation sites excluding steroid dienone is 1. The summed E-state index contributed by atoms with van der Waals surface area (Å²) in [6.45, 7) is -3.05. The summed E-state index contributed by atoms with van der Waals surface area (Å²) in [5.74, 6) is -0.974. The Morgan fingerprint density at radius 3 is 2.44 bits per heavy atom. The Bertz CT molecular complexity index is 1690. The summed E-state index contributed by atoms with van der Waals surface area (Å²) in [6.07, 6.45) is 3.47. The minimum Gasteiger partial charge on any atom is -0.618 e. The number of hydrogen-bond acceptors (Lipinski definition) is 5. The molecule has 5 rings (SSSR count). The van der Waals surface area contributed by atoms with E-state index in [-0.39, 0.29) is 17.1 Å². The van der Waals surface area contributed by atoms with E-state index >= 15 is 0 Å². The standard InChI is InChI=1S/C32H25ClF3N3O4/c1-42-32(40)37-24-10-4-20(5-11-24)27-12-13-28(38-27)26(16-19-2-8-23(34)9-3-19)29-14-6-21(18-39(29)41)25-17-22(33)7-15-30(25)43-31(35)36/h2-12,14-15,17-18,26,31H,13,16H2,1H3,(H,37,40). The van der Waals surface area contributed by atoms with Gasteiger partial charge in [-0.15, -0.1) is 0 Å². The molecule has 1 unspecified atom stereocenters. The molecule has 220 valence electrons. The number of methoxy groups -OCH3 is 1. The van der Waals surface area contributed by atoms with Gasteiger partial charge in [0.2, 0.25) is 5.69 Å². The van der Waals surface area contributed by atoms with Crippen molar-refractivity contribution in [3.8, 4) is 16.9 Å². The van der Waals surface area contributed by atoms with Crippen molar-refractivity contribution in [3.05, 3.63) is 124 Å². The molecule has 1 amide bonds. The highest BCUT2D eigenvalue weighted by molar-refractivity contribution is 6.31. The Hall–Kier alpha value is -4.83. The van der Waals surface area contributed by atoms with Gasteiger partial charge in [0.1, 0.15) is 11.6 Å². The van der Waals surface area contributed by atoms with Crippen molar-refractivity contribution in [1.82, 2.24) is 0 Å². The molecule has 2 heterocycles. The van der Waals surface area contributed by atoms with Crippen LogP contribution in [0.2, 0.25) is 5.02 Å². The number of ether oxygens (including phenoxy) is 2. The molecule has 11 heteroatoms. The van der Waals surface area contributed by atoms with Gasteiger partial charge in [-0.25, -0.2) is 9.18 Å². The predicted octanol–water partition coefficient (Wildman–Crippen LogP) is 7.77. The molecule has 4 aromatic rings. The molecule has 1 atom stereocenters. The van der Waals surface area contributed by atoms with Crippen LogP contribution in [-0.4, -0.2) is 25.5 Å². The van der Waals surface area contributed by atoms with Crippen LogP contribution in [-0.2, 0) is 11.2 Å². The van der Waals surface area contributed by atoms with Crippen molar-refractivity contribution < 1.29 is 32.2 Å². The average molecular weight is 608 g/mol. The van der Waals surface area contributed by atoms with Gasteiger partial charge >= 0.3 is 12.7 Å². The second-order valence-electron chi connectivity index (χ2n) is 9.66. The number of carbonyl (C=O) groups excluding carboxylic acids is 1. The number of pyridine rings is 1. The van der Waals surface area contributed by atoms with Crippen molar-refractivity contribution in [1.29, 1.82) is 0 Å². The summed E-state index contributed by atoms with van der Waals surface area (Å²) in [7, 11) is 1.28. The predicted molar refractivity (Wildman–Crippen MR) is 158 cm³/mol. The normalized spacial score (nSPS) is 13.3. The van der Waals surface area contributed by atoms with Gasteiger partial charge in [0.25, 0.3) is 0 Å². The highest BCUT2D eigenvalue weighted by atomic mass is 35.5. The van der Waals surface area contributed by atoms with E-state index in [2.05, 4.69) is 14.8 Å². The van der Waals surface area contributed by atoms with Gasteiger partial charge in [-0.3, -0.25) is 10.3 Å². The number of aromatic nitrogens is 1. The van der Waals surface area contributed by atoms with Crippen LogP contribution in [0.25, 0.3) is 16.8 Å². The highest BCUT2D eigenvalue weighted by Crippen LogP contribution is 2.35. The van der Waals surface area contributed by atoms with Crippen LogP contribution < -0.4 is 14.8 Å². The van der Waals surface area contributed by atoms with Crippen LogP contribution in [0.3, 0.4) is 0 Å². The molecule has 0 spiro atoms. The summed E-state index contributed by atoms with van der Waals surface area (Å²) in [6, 6.07) is 20.6. The van der Waals surface area contributed by atoms with Crippen LogP contribution in [0.4, 0.5) is 23.7 Å². The van der Waals surface area contributed by atoms with E-state index in [1.807, 2.05) is 18.2 Å². The minimum atomic E-state index is -3.05. The molecule has 0 saturated carbocycles. The summed E-state index contributed by atoms with van der Waals surface area (Å²) in [5, 5.41) is 16.4. The molecule has 0 fully saturated rings. The van der Waals surface area contributed by atoms with Gasteiger partial charge in [-0.2, -0.15) is 13.5 Å². The number of rotatable bonds is 9. The zero-order chi connectivity index (χ0) is 30.5.